The molecule has 0 aromatic rings. The Labute approximate surface area is 322 Å². The number of esters is 2. The normalized spacial score (nSPS) is 14.7. The summed E-state index contributed by atoms with van der Waals surface area (Å²) in [5.41, 5.74) is 6.08. The molecule has 306 valence electrons. The lowest BCUT2D eigenvalue weighted by molar-refractivity contribution is -0.161. The average molecular weight is 790 g/mol. The van der Waals surface area contributed by atoms with Gasteiger partial charge in [0, 0.05) is 23.8 Å². The number of aliphatic hydroxyl groups is 1. The molecule has 0 aliphatic carbocycles. The minimum atomic E-state index is -4.88. The monoisotopic (exact) mass is 789 g/mol. The molecule has 0 aliphatic heterocycles. The number of thioether (sulfide) groups is 1. The SMILES string of the molecule is CCCCC/C=C\C\C=C/C=C/C=C/[C@@H](SC[C@H](N)C(=O)OC[C@H](COP(=O)(O)O)OC(=O)CCCCCCCCCCCC)[C@@H](O)CCCC(=O)O. The minimum absolute atomic E-state index is 0.0419. The van der Waals surface area contributed by atoms with Crippen LogP contribution in [0.2, 0.25) is 0 Å². The topological polar surface area (TPSA) is 203 Å². The number of hydrogen-bond acceptors (Lipinski definition) is 10. The first-order chi connectivity index (χ1) is 25.4. The van der Waals surface area contributed by atoms with Crippen LogP contribution in [0.5, 0.6) is 0 Å². The molecular formula is C39H68NO11PS. The van der Waals surface area contributed by atoms with E-state index in [1.807, 2.05) is 24.3 Å². The number of carboxylic acid groups (broad SMARTS) is 1. The Balaban J connectivity index is 4.99. The molecule has 0 heterocycles. The van der Waals surface area contributed by atoms with Crippen LogP contribution in [0.15, 0.2) is 48.6 Å². The number of allylic oxidation sites excluding steroid dienone is 7. The van der Waals surface area contributed by atoms with Gasteiger partial charge in [-0.1, -0.05) is 133 Å². The van der Waals surface area contributed by atoms with Gasteiger partial charge in [0.1, 0.15) is 12.6 Å². The number of hydrogen-bond donors (Lipinski definition) is 5. The third-order valence-electron chi connectivity index (χ3n) is 8.10. The highest BCUT2D eigenvalue weighted by Gasteiger charge is 2.26. The summed E-state index contributed by atoms with van der Waals surface area (Å²) in [6, 6.07) is -1.14. The summed E-state index contributed by atoms with van der Waals surface area (Å²) in [5.74, 6) is -2.34. The fourth-order valence-corrected chi connectivity index (χ4v) is 6.53. The highest BCUT2D eigenvalue weighted by atomic mass is 32.2. The van der Waals surface area contributed by atoms with Crippen molar-refractivity contribution in [2.75, 3.05) is 19.0 Å². The molecule has 4 atom stereocenters. The smallest absolute Gasteiger partial charge is 0.469 e. The van der Waals surface area contributed by atoms with Crippen molar-refractivity contribution in [3.05, 3.63) is 48.6 Å². The predicted molar refractivity (Wildman–Crippen MR) is 212 cm³/mol. The maximum Gasteiger partial charge on any atom is 0.469 e. The molecule has 12 nitrogen and oxygen atoms in total. The van der Waals surface area contributed by atoms with E-state index in [1.54, 1.807) is 12.2 Å². The van der Waals surface area contributed by atoms with E-state index < -0.39 is 62.4 Å². The number of carboxylic acids is 1. The summed E-state index contributed by atoms with van der Waals surface area (Å²) in [6.07, 6.45) is 30.3. The van der Waals surface area contributed by atoms with Crippen molar-refractivity contribution in [2.24, 2.45) is 5.73 Å². The highest BCUT2D eigenvalue weighted by molar-refractivity contribution is 8.00. The molecule has 0 aromatic heterocycles. The molecular weight excluding hydrogens is 721 g/mol. The summed E-state index contributed by atoms with van der Waals surface area (Å²) >= 11 is 1.20. The zero-order chi connectivity index (χ0) is 39.6. The molecule has 0 radical (unpaired) electrons. The zero-order valence-electron chi connectivity index (χ0n) is 32.1. The van der Waals surface area contributed by atoms with E-state index >= 15 is 0 Å². The molecule has 14 heteroatoms. The maximum absolute atomic E-state index is 12.7. The molecule has 0 bridgehead atoms. The second-order valence-corrected chi connectivity index (χ2v) is 15.6. The molecule has 0 rings (SSSR count). The summed E-state index contributed by atoms with van der Waals surface area (Å²) in [4.78, 5) is 54.4. The molecule has 6 N–H and O–H groups in total. The fraction of sp³-hybridized carbons (Fsp3) is 0.718. The number of ether oxygens (including phenoxy) is 2. The second-order valence-electron chi connectivity index (χ2n) is 13.1. The van der Waals surface area contributed by atoms with E-state index in [1.165, 1.54) is 69.5 Å². The van der Waals surface area contributed by atoms with Gasteiger partial charge in [0.25, 0.3) is 0 Å². The van der Waals surface area contributed by atoms with Gasteiger partial charge in [-0.2, -0.15) is 0 Å². The molecule has 0 aliphatic rings. The molecule has 0 spiro atoms. The Morgan fingerprint density at radius 1 is 0.774 bits per heavy atom. The predicted octanol–water partition coefficient (Wildman–Crippen LogP) is 8.10. The number of nitrogens with two attached hydrogens (primary N) is 1. The standard InChI is InChI=1S/C39H68NO11PS/c1-3-5-7-9-11-13-15-16-17-19-21-23-27-36(35(41)26-25-28-37(42)43)53-32-34(40)39(45)49-30-33(31-50-52(46,47)48)51-38(44)29-24-22-20-18-14-12-10-8-6-4-2/h11,13,16-17,19,21,23,27,33-36,41H,3-10,12,14-15,18,20,22,24-26,28-32,40H2,1-2H3,(H,42,43)(H2,46,47,48)/b13-11-,17-16-,21-19+,27-23+/t33-,34+,35+,36-/m1/s1. The average Bonchev–Trinajstić information content (AvgIpc) is 3.11. The summed E-state index contributed by atoms with van der Waals surface area (Å²) in [5, 5.41) is 19.3. The van der Waals surface area contributed by atoms with Crippen LogP contribution >= 0.6 is 19.6 Å². The zero-order valence-corrected chi connectivity index (χ0v) is 33.8. The van der Waals surface area contributed by atoms with Gasteiger partial charge in [-0.15, -0.1) is 11.8 Å². The van der Waals surface area contributed by atoms with Gasteiger partial charge in [-0.3, -0.25) is 18.9 Å². The number of aliphatic hydroxyl groups excluding tert-OH is 1. The van der Waals surface area contributed by atoms with E-state index in [9.17, 15) is 24.1 Å². The van der Waals surface area contributed by atoms with Gasteiger partial charge < -0.3 is 35.2 Å². The first-order valence-corrected chi connectivity index (χ1v) is 22.0. The van der Waals surface area contributed by atoms with Crippen molar-refractivity contribution in [3.63, 3.8) is 0 Å². The number of phosphoric acid groups is 1. The summed E-state index contributed by atoms with van der Waals surface area (Å²) in [7, 11) is -4.88. The third-order valence-corrected chi connectivity index (χ3v) is 9.99. The van der Waals surface area contributed by atoms with E-state index in [-0.39, 0.29) is 31.4 Å². The summed E-state index contributed by atoms with van der Waals surface area (Å²) in [6.45, 7) is 3.17. The molecule has 0 unspecified atom stereocenters. The number of carbonyl (C=O) groups is 3. The van der Waals surface area contributed by atoms with Crippen molar-refractivity contribution < 1.29 is 52.9 Å². The van der Waals surface area contributed by atoms with Crippen LogP contribution in [0.3, 0.4) is 0 Å². The number of carbonyl (C=O) groups excluding carboxylic acids is 2. The highest BCUT2D eigenvalue weighted by Crippen LogP contribution is 2.36. The van der Waals surface area contributed by atoms with Crippen molar-refractivity contribution in [1.29, 1.82) is 0 Å². The Bertz CT molecular complexity index is 1120. The molecule has 0 fully saturated rings. The van der Waals surface area contributed by atoms with Gasteiger partial charge in [0.15, 0.2) is 6.10 Å². The van der Waals surface area contributed by atoms with Crippen LogP contribution in [-0.4, -0.2) is 80.4 Å². The van der Waals surface area contributed by atoms with Gasteiger partial charge in [-0.05, 0) is 38.5 Å². The van der Waals surface area contributed by atoms with Crippen LogP contribution in [-0.2, 0) is 32.9 Å². The number of phosphoric ester groups is 1. The Morgan fingerprint density at radius 2 is 1.40 bits per heavy atom. The minimum Gasteiger partial charge on any atom is -0.481 e. The van der Waals surface area contributed by atoms with E-state index in [2.05, 4.69) is 30.5 Å². The lowest BCUT2D eigenvalue weighted by atomic mass is 10.1. The van der Waals surface area contributed by atoms with Crippen LogP contribution in [0.4, 0.5) is 0 Å². The second kappa shape index (κ2) is 34.3. The van der Waals surface area contributed by atoms with Gasteiger partial charge in [0.2, 0.25) is 0 Å². The number of unbranched alkanes of at least 4 members (excludes halogenated alkanes) is 12. The molecule has 0 amide bonds. The van der Waals surface area contributed by atoms with E-state index in [4.69, 9.17) is 30.1 Å². The van der Waals surface area contributed by atoms with Gasteiger partial charge >= 0.3 is 25.7 Å². The van der Waals surface area contributed by atoms with Crippen molar-refractivity contribution >= 4 is 37.5 Å². The van der Waals surface area contributed by atoms with Crippen molar-refractivity contribution in [2.45, 2.75) is 159 Å². The molecule has 0 aromatic carbocycles. The lowest BCUT2D eigenvalue weighted by Crippen LogP contribution is -2.38. The van der Waals surface area contributed by atoms with E-state index in [0.29, 0.717) is 6.42 Å². The van der Waals surface area contributed by atoms with Crippen LogP contribution in [0, 0.1) is 0 Å². The molecule has 53 heavy (non-hydrogen) atoms. The largest absolute Gasteiger partial charge is 0.481 e. The third kappa shape index (κ3) is 34.0. The van der Waals surface area contributed by atoms with Crippen molar-refractivity contribution in [3.8, 4) is 0 Å². The number of rotatable bonds is 35. The van der Waals surface area contributed by atoms with E-state index in [0.717, 1.165) is 32.1 Å². The van der Waals surface area contributed by atoms with Gasteiger partial charge in [-0.25, -0.2) is 4.57 Å². The fourth-order valence-electron chi connectivity index (χ4n) is 5.05. The first kappa shape index (κ1) is 50.8. The van der Waals surface area contributed by atoms with Crippen LogP contribution in [0.1, 0.15) is 136 Å². The van der Waals surface area contributed by atoms with Crippen LogP contribution in [0.25, 0.3) is 0 Å². The quantitative estimate of drug-likeness (QED) is 0.0136. The first-order valence-electron chi connectivity index (χ1n) is 19.4. The van der Waals surface area contributed by atoms with Crippen molar-refractivity contribution in [1.82, 2.24) is 0 Å². The summed E-state index contributed by atoms with van der Waals surface area (Å²) < 4.78 is 26.4. The number of aliphatic carboxylic acids is 1. The van der Waals surface area contributed by atoms with Crippen LogP contribution < -0.4 is 5.73 Å². The molecule has 0 saturated carbocycles. The lowest BCUT2D eigenvalue weighted by Gasteiger charge is -2.22. The Hall–Kier alpha value is -2.25. The Kier molecular flexibility index (Phi) is 32.8. The van der Waals surface area contributed by atoms with Gasteiger partial charge in [0.05, 0.1) is 12.7 Å². The molecule has 0 saturated heterocycles. The Morgan fingerprint density at radius 3 is 2.04 bits per heavy atom. The maximum atomic E-state index is 12.7.